The number of aliphatic hydroxyl groups is 1. The molecule has 0 unspecified atom stereocenters. The SMILES string of the molecule is CC(=O)Oc1cc(N2CCC(C)(O)CC2)nc(Cl)n1. The molecule has 0 aromatic carbocycles. The lowest BCUT2D eigenvalue weighted by Gasteiger charge is -2.36. The summed E-state index contributed by atoms with van der Waals surface area (Å²) in [7, 11) is 0. The summed E-state index contributed by atoms with van der Waals surface area (Å²) in [6, 6.07) is 1.58. The van der Waals surface area contributed by atoms with E-state index < -0.39 is 11.6 Å². The lowest BCUT2D eigenvalue weighted by molar-refractivity contribution is -0.132. The molecule has 0 spiro atoms. The van der Waals surface area contributed by atoms with E-state index >= 15 is 0 Å². The van der Waals surface area contributed by atoms with E-state index in [0.717, 1.165) is 0 Å². The van der Waals surface area contributed by atoms with Crippen molar-refractivity contribution in [3.8, 4) is 5.88 Å². The predicted molar refractivity (Wildman–Crippen MR) is 70.4 cm³/mol. The average Bonchev–Trinajstić information content (AvgIpc) is 2.26. The zero-order valence-electron chi connectivity index (χ0n) is 10.9. The lowest BCUT2D eigenvalue weighted by atomic mass is 9.94. The van der Waals surface area contributed by atoms with E-state index in [1.54, 1.807) is 6.07 Å². The Kier molecular flexibility index (Phi) is 3.91. The molecule has 0 atom stereocenters. The minimum atomic E-state index is -0.633. The number of hydrogen-bond acceptors (Lipinski definition) is 6. The number of rotatable bonds is 2. The Morgan fingerprint density at radius 1 is 1.47 bits per heavy atom. The zero-order chi connectivity index (χ0) is 14.0. The third-order valence-electron chi connectivity index (χ3n) is 3.07. The van der Waals surface area contributed by atoms with Gasteiger partial charge in [0.05, 0.1) is 5.60 Å². The van der Waals surface area contributed by atoms with Crippen molar-refractivity contribution >= 4 is 23.4 Å². The van der Waals surface area contributed by atoms with Crippen molar-refractivity contribution in [2.45, 2.75) is 32.3 Å². The van der Waals surface area contributed by atoms with Gasteiger partial charge >= 0.3 is 5.97 Å². The van der Waals surface area contributed by atoms with Crippen LogP contribution in [0.25, 0.3) is 0 Å². The van der Waals surface area contributed by atoms with Crippen LogP contribution < -0.4 is 9.64 Å². The van der Waals surface area contributed by atoms with E-state index in [4.69, 9.17) is 16.3 Å². The van der Waals surface area contributed by atoms with Crippen LogP contribution in [-0.2, 0) is 4.79 Å². The van der Waals surface area contributed by atoms with E-state index in [0.29, 0.717) is 31.7 Å². The molecule has 1 aromatic rings. The molecule has 0 bridgehead atoms. The number of anilines is 1. The molecular weight excluding hydrogens is 270 g/mol. The summed E-state index contributed by atoms with van der Waals surface area (Å²) in [4.78, 5) is 20.9. The first kappa shape index (κ1) is 14.0. The third kappa shape index (κ3) is 3.78. The van der Waals surface area contributed by atoms with Gasteiger partial charge in [0.25, 0.3) is 0 Å². The third-order valence-corrected chi connectivity index (χ3v) is 3.24. The molecule has 2 rings (SSSR count). The Morgan fingerprint density at radius 3 is 2.68 bits per heavy atom. The molecule has 1 aromatic heterocycles. The molecule has 0 amide bonds. The molecule has 1 fully saturated rings. The number of ether oxygens (including phenoxy) is 1. The first-order chi connectivity index (χ1) is 8.85. The molecule has 104 valence electrons. The van der Waals surface area contributed by atoms with Crippen LogP contribution in [-0.4, -0.2) is 39.7 Å². The highest BCUT2D eigenvalue weighted by molar-refractivity contribution is 6.28. The molecular formula is C12H16ClN3O3. The van der Waals surface area contributed by atoms with Gasteiger partial charge in [0.15, 0.2) is 0 Å². The molecule has 2 heterocycles. The highest BCUT2D eigenvalue weighted by Gasteiger charge is 2.28. The molecule has 0 aliphatic carbocycles. The number of halogens is 1. The number of piperidine rings is 1. The van der Waals surface area contributed by atoms with Crippen LogP contribution in [0, 0.1) is 0 Å². The molecule has 1 aliphatic heterocycles. The number of nitrogens with zero attached hydrogens (tertiary/aromatic N) is 3. The normalized spacial score (nSPS) is 18.2. The second-order valence-electron chi connectivity index (χ2n) is 4.91. The Morgan fingerprint density at radius 2 is 2.11 bits per heavy atom. The summed E-state index contributed by atoms with van der Waals surface area (Å²) < 4.78 is 4.92. The van der Waals surface area contributed by atoms with Gasteiger partial charge in [-0.15, -0.1) is 0 Å². The number of esters is 1. The van der Waals surface area contributed by atoms with E-state index in [9.17, 15) is 9.90 Å². The highest BCUT2D eigenvalue weighted by Crippen LogP contribution is 2.27. The van der Waals surface area contributed by atoms with Crippen molar-refractivity contribution in [1.82, 2.24) is 9.97 Å². The maximum Gasteiger partial charge on any atom is 0.309 e. The van der Waals surface area contributed by atoms with E-state index in [1.807, 2.05) is 11.8 Å². The summed E-state index contributed by atoms with van der Waals surface area (Å²) >= 11 is 5.82. The second kappa shape index (κ2) is 5.30. The van der Waals surface area contributed by atoms with E-state index in [2.05, 4.69) is 9.97 Å². The Bertz CT molecular complexity index is 483. The molecule has 1 saturated heterocycles. The molecule has 0 radical (unpaired) electrons. The molecule has 1 aliphatic rings. The number of hydrogen-bond donors (Lipinski definition) is 1. The van der Waals surface area contributed by atoms with Gasteiger partial charge in [-0.25, -0.2) is 4.98 Å². The summed E-state index contributed by atoms with van der Waals surface area (Å²) in [6.45, 7) is 4.45. The standard InChI is InChI=1S/C12H16ClN3O3/c1-8(17)19-10-7-9(14-11(13)15-10)16-5-3-12(2,18)4-6-16/h7,18H,3-6H2,1-2H3. The Labute approximate surface area is 116 Å². The topological polar surface area (TPSA) is 75.5 Å². The molecule has 1 N–H and O–H groups in total. The Hall–Kier alpha value is -1.40. The quantitative estimate of drug-likeness (QED) is 0.654. The summed E-state index contributed by atoms with van der Waals surface area (Å²) in [5, 5.41) is 9.95. The van der Waals surface area contributed by atoms with Crippen LogP contribution in [0.3, 0.4) is 0 Å². The molecule has 7 heteroatoms. The van der Waals surface area contributed by atoms with Crippen molar-refractivity contribution in [1.29, 1.82) is 0 Å². The highest BCUT2D eigenvalue weighted by atomic mass is 35.5. The van der Waals surface area contributed by atoms with Gasteiger partial charge in [-0.3, -0.25) is 4.79 Å². The first-order valence-corrected chi connectivity index (χ1v) is 6.44. The zero-order valence-corrected chi connectivity index (χ0v) is 11.6. The summed E-state index contributed by atoms with van der Waals surface area (Å²) in [5.74, 6) is 0.286. The van der Waals surface area contributed by atoms with Gasteiger partial charge in [-0.2, -0.15) is 4.98 Å². The van der Waals surface area contributed by atoms with Crippen molar-refractivity contribution < 1.29 is 14.6 Å². The minimum Gasteiger partial charge on any atom is -0.407 e. The van der Waals surface area contributed by atoms with Crippen LogP contribution >= 0.6 is 11.6 Å². The average molecular weight is 286 g/mol. The van der Waals surface area contributed by atoms with Crippen LogP contribution in [0.1, 0.15) is 26.7 Å². The van der Waals surface area contributed by atoms with Crippen LogP contribution in [0.5, 0.6) is 5.88 Å². The maximum absolute atomic E-state index is 10.9. The fourth-order valence-corrected chi connectivity index (χ4v) is 2.13. The largest absolute Gasteiger partial charge is 0.407 e. The van der Waals surface area contributed by atoms with Gasteiger partial charge < -0.3 is 14.7 Å². The van der Waals surface area contributed by atoms with Gasteiger partial charge in [-0.05, 0) is 31.4 Å². The van der Waals surface area contributed by atoms with Crippen molar-refractivity contribution in [2.24, 2.45) is 0 Å². The van der Waals surface area contributed by atoms with Gasteiger partial charge in [0.2, 0.25) is 11.2 Å². The van der Waals surface area contributed by atoms with Gasteiger partial charge in [-0.1, -0.05) is 0 Å². The van der Waals surface area contributed by atoms with Crippen LogP contribution in [0.15, 0.2) is 6.07 Å². The molecule has 19 heavy (non-hydrogen) atoms. The van der Waals surface area contributed by atoms with E-state index in [1.165, 1.54) is 6.92 Å². The number of aromatic nitrogens is 2. The number of carbonyl (C=O) groups is 1. The van der Waals surface area contributed by atoms with Gasteiger partial charge in [0, 0.05) is 26.1 Å². The van der Waals surface area contributed by atoms with Crippen LogP contribution in [0.2, 0.25) is 5.28 Å². The van der Waals surface area contributed by atoms with Crippen LogP contribution in [0.4, 0.5) is 5.82 Å². The van der Waals surface area contributed by atoms with Gasteiger partial charge in [0.1, 0.15) is 5.82 Å². The maximum atomic E-state index is 10.9. The lowest BCUT2D eigenvalue weighted by Crippen LogP contribution is -2.42. The van der Waals surface area contributed by atoms with Crippen molar-refractivity contribution in [3.63, 3.8) is 0 Å². The van der Waals surface area contributed by atoms with E-state index in [-0.39, 0.29) is 11.2 Å². The molecule has 0 saturated carbocycles. The first-order valence-electron chi connectivity index (χ1n) is 6.06. The van der Waals surface area contributed by atoms with Crippen molar-refractivity contribution in [2.75, 3.05) is 18.0 Å². The Balaban J connectivity index is 2.16. The fraction of sp³-hybridized carbons (Fsp3) is 0.583. The second-order valence-corrected chi connectivity index (χ2v) is 5.25. The summed E-state index contributed by atoms with van der Waals surface area (Å²) in [5.41, 5.74) is -0.633. The monoisotopic (exact) mass is 285 g/mol. The number of carbonyl (C=O) groups excluding carboxylic acids is 1. The summed E-state index contributed by atoms with van der Waals surface area (Å²) in [6.07, 6.45) is 1.30. The predicted octanol–water partition coefficient (Wildman–Crippen LogP) is 1.41. The smallest absolute Gasteiger partial charge is 0.309 e. The molecule has 6 nitrogen and oxygen atoms in total. The van der Waals surface area contributed by atoms with Crippen molar-refractivity contribution in [3.05, 3.63) is 11.3 Å². The fourth-order valence-electron chi connectivity index (χ4n) is 1.96. The minimum absolute atomic E-state index is 0.0334.